The van der Waals surface area contributed by atoms with Crippen molar-refractivity contribution >= 4 is 34.8 Å². The van der Waals surface area contributed by atoms with Gasteiger partial charge in [-0.05, 0) is 7.05 Å². The molecule has 2 unspecified atom stereocenters. The van der Waals surface area contributed by atoms with E-state index in [2.05, 4.69) is 5.32 Å². The monoisotopic (exact) mass is 358 g/mol. The average molecular weight is 358 g/mol. The van der Waals surface area contributed by atoms with Gasteiger partial charge in [0.25, 0.3) is 5.24 Å². The summed E-state index contributed by atoms with van der Waals surface area (Å²) in [6.07, 6.45) is -0.0372. The van der Waals surface area contributed by atoms with Crippen LogP contribution in [0.4, 0.5) is 4.79 Å². The molecule has 2 atom stereocenters. The molecular weight excluding hydrogens is 339 g/mol. The van der Waals surface area contributed by atoms with Gasteiger partial charge in [-0.1, -0.05) is 18.7 Å². The Bertz CT molecular complexity index is 423. The van der Waals surface area contributed by atoms with Gasteiger partial charge in [0.05, 0.1) is 11.9 Å². The van der Waals surface area contributed by atoms with Gasteiger partial charge in [-0.25, -0.2) is 0 Å². The first-order valence-corrected chi connectivity index (χ1v) is 7.13. The third-order valence-corrected chi connectivity index (χ3v) is 3.57. The summed E-state index contributed by atoms with van der Waals surface area (Å²) < 4.78 is 0. The van der Waals surface area contributed by atoms with Crippen LogP contribution in [0.15, 0.2) is 0 Å². The van der Waals surface area contributed by atoms with Crippen LogP contribution in [0.1, 0.15) is 13.3 Å². The van der Waals surface area contributed by atoms with E-state index in [9.17, 15) is 19.2 Å². The SMILES string of the molecule is CCC(=O)N(C(=O)SCC(NC)C(=O)O)C(CN)C([NH-])=O.[K+]. The minimum Gasteiger partial charge on any atom is -0.666 e. The number of amides is 3. The van der Waals surface area contributed by atoms with Crippen LogP contribution in [-0.4, -0.2) is 64.5 Å². The Morgan fingerprint density at radius 1 is 1.36 bits per heavy atom. The predicted molar refractivity (Wildman–Crippen MR) is 77.6 cm³/mol. The number of nitrogens with one attached hydrogen (secondary N) is 2. The summed E-state index contributed by atoms with van der Waals surface area (Å²) in [6.45, 7) is 1.15. The first-order valence-electron chi connectivity index (χ1n) is 6.14. The van der Waals surface area contributed by atoms with Crippen molar-refractivity contribution in [3.63, 3.8) is 0 Å². The van der Waals surface area contributed by atoms with Crippen LogP contribution in [0.2, 0.25) is 0 Å². The van der Waals surface area contributed by atoms with Crippen LogP contribution in [0.25, 0.3) is 5.73 Å². The van der Waals surface area contributed by atoms with E-state index < -0.39 is 35.1 Å². The van der Waals surface area contributed by atoms with Crippen molar-refractivity contribution in [1.82, 2.24) is 10.2 Å². The third kappa shape index (κ3) is 7.50. The Kier molecular flexibility index (Phi) is 13.7. The van der Waals surface area contributed by atoms with Crippen molar-refractivity contribution in [2.75, 3.05) is 19.3 Å². The van der Waals surface area contributed by atoms with Gasteiger partial charge in [0, 0.05) is 18.7 Å². The fourth-order valence-electron chi connectivity index (χ4n) is 1.41. The van der Waals surface area contributed by atoms with E-state index in [0.717, 1.165) is 0 Å². The molecule has 0 fully saturated rings. The van der Waals surface area contributed by atoms with E-state index in [0.29, 0.717) is 16.7 Å². The van der Waals surface area contributed by atoms with Crippen LogP contribution in [-0.2, 0) is 14.4 Å². The van der Waals surface area contributed by atoms with E-state index in [4.69, 9.17) is 16.6 Å². The number of likely N-dealkylation sites (N-methyl/N-ethyl adjacent to an activating group) is 1. The minimum atomic E-state index is -1.35. The first-order chi connectivity index (χ1) is 9.79. The molecule has 0 rings (SSSR count). The number of aliphatic carboxylic acids is 1. The molecule has 0 saturated heterocycles. The summed E-state index contributed by atoms with van der Waals surface area (Å²) in [4.78, 5) is 46.5. The van der Waals surface area contributed by atoms with Crippen LogP contribution in [0.5, 0.6) is 0 Å². The van der Waals surface area contributed by atoms with Crippen molar-refractivity contribution in [2.24, 2.45) is 5.73 Å². The van der Waals surface area contributed by atoms with Crippen molar-refractivity contribution in [3.8, 4) is 0 Å². The zero-order chi connectivity index (χ0) is 16.6. The second kappa shape index (κ2) is 12.4. The maximum absolute atomic E-state index is 12.0. The van der Waals surface area contributed by atoms with Gasteiger partial charge in [0.1, 0.15) is 6.04 Å². The van der Waals surface area contributed by atoms with Gasteiger partial charge in [-0.3, -0.25) is 19.3 Å². The topological polar surface area (TPSA) is 154 Å². The average Bonchev–Trinajstić information content (AvgIpc) is 2.43. The van der Waals surface area contributed by atoms with E-state index >= 15 is 0 Å². The van der Waals surface area contributed by atoms with Gasteiger partial charge < -0.3 is 26.7 Å². The summed E-state index contributed by atoms with van der Waals surface area (Å²) in [5.41, 5.74) is 12.4. The van der Waals surface area contributed by atoms with Crippen LogP contribution in [0, 0.1) is 0 Å². The Balaban J connectivity index is 0. The van der Waals surface area contributed by atoms with E-state index in [-0.39, 0.29) is 70.1 Å². The number of carbonyl (C=O) groups excluding carboxylic acids is 3. The van der Waals surface area contributed by atoms with Gasteiger partial charge in [0.2, 0.25) is 5.91 Å². The number of imide groups is 1. The molecular formula is C11H19KN4O5S. The van der Waals surface area contributed by atoms with E-state index in [1.807, 2.05) is 0 Å². The van der Waals surface area contributed by atoms with Crippen LogP contribution < -0.4 is 62.4 Å². The van der Waals surface area contributed by atoms with Crippen LogP contribution in [0.3, 0.4) is 0 Å². The molecule has 0 heterocycles. The number of carboxylic acid groups (broad SMARTS) is 1. The zero-order valence-electron chi connectivity index (χ0n) is 12.8. The van der Waals surface area contributed by atoms with Crippen molar-refractivity contribution in [3.05, 3.63) is 5.73 Å². The third-order valence-electron chi connectivity index (χ3n) is 2.63. The number of nitrogens with zero attached hydrogens (tertiary/aromatic N) is 1. The van der Waals surface area contributed by atoms with Crippen molar-refractivity contribution < 1.29 is 75.7 Å². The molecule has 0 aliphatic carbocycles. The second-order valence-electron chi connectivity index (χ2n) is 3.99. The van der Waals surface area contributed by atoms with Crippen molar-refractivity contribution in [2.45, 2.75) is 25.4 Å². The van der Waals surface area contributed by atoms with Crippen LogP contribution >= 0.6 is 11.8 Å². The molecule has 0 aliphatic rings. The quantitative estimate of drug-likeness (QED) is 0.381. The molecule has 0 bridgehead atoms. The van der Waals surface area contributed by atoms with E-state index in [1.54, 1.807) is 0 Å². The van der Waals surface area contributed by atoms with Gasteiger partial charge in [-0.2, -0.15) is 0 Å². The number of hydrogen-bond acceptors (Lipinski definition) is 7. The standard InChI is InChI=1S/C11H20N4O5S.K/c1-3-8(16)15(7(4-12)9(13)17)11(20)21-5-6(14-2)10(18)19;/h6-7,14H,3-5,12H2,1-2H3,(H3,13,17,18,19);/q;+1/p-1. The molecule has 0 aromatic heterocycles. The smallest absolute Gasteiger partial charge is 0.666 e. The summed E-state index contributed by atoms with van der Waals surface area (Å²) in [7, 11) is 1.43. The fraction of sp³-hybridized carbons (Fsp3) is 0.636. The second-order valence-corrected chi connectivity index (χ2v) is 4.96. The summed E-state index contributed by atoms with van der Waals surface area (Å²) in [5, 5.41) is 10.6. The molecule has 3 amide bonds. The number of rotatable bonds is 8. The Labute approximate surface area is 175 Å². The molecule has 0 saturated carbocycles. The molecule has 120 valence electrons. The molecule has 22 heavy (non-hydrogen) atoms. The first kappa shape index (κ1) is 24.2. The summed E-state index contributed by atoms with van der Waals surface area (Å²) in [5.74, 6) is -3.04. The Morgan fingerprint density at radius 3 is 2.23 bits per heavy atom. The predicted octanol–water partition coefficient (Wildman–Crippen LogP) is -3.34. The number of carboxylic acids is 1. The molecule has 0 aromatic carbocycles. The normalized spacial score (nSPS) is 12.7. The van der Waals surface area contributed by atoms with Gasteiger partial charge in [-0.15, -0.1) is 0 Å². The minimum absolute atomic E-state index is 0. The number of carbonyl (C=O) groups is 4. The molecule has 5 N–H and O–H groups in total. The number of hydrogen-bond donors (Lipinski definition) is 3. The van der Waals surface area contributed by atoms with E-state index in [1.165, 1.54) is 14.0 Å². The molecule has 0 radical (unpaired) electrons. The maximum atomic E-state index is 12.0. The molecule has 9 nitrogen and oxygen atoms in total. The summed E-state index contributed by atoms with van der Waals surface area (Å²) in [6, 6.07) is -2.32. The largest absolute Gasteiger partial charge is 1.00 e. The van der Waals surface area contributed by atoms with Gasteiger partial charge >= 0.3 is 57.4 Å². The van der Waals surface area contributed by atoms with Gasteiger partial charge in [0.15, 0.2) is 0 Å². The Hall–Kier alpha value is -0.0136. The molecule has 0 spiro atoms. The number of nitrogens with two attached hydrogens (primary N) is 1. The number of thioether (sulfide) groups is 1. The molecule has 0 aliphatic heterocycles. The molecule has 0 aromatic rings. The zero-order valence-corrected chi connectivity index (χ0v) is 16.7. The Morgan fingerprint density at radius 2 is 1.91 bits per heavy atom. The van der Waals surface area contributed by atoms with Crippen molar-refractivity contribution in [1.29, 1.82) is 0 Å². The summed E-state index contributed by atoms with van der Waals surface area (Å²) >= 11 is 0.582. The maximum Gasteiger partial charge on any atom is 1.00 e. The fourth-order valence-corrected chi connectivity index (χ4v) is 2.39. The molecule has 11 heteroatoms.